The van der Waals surface area contributed by atoms with Crippen LogP contribution in [0.3, 0.4) is 0 Å². The zero-order valence-electron chi connectivity index (χ0n) is 16.3. The Hall–Kier alpha value is -1.09. The zero-order chi connectivity index (χ0) is 17.6. The number of hydrogen-bond acceptors (Lipinski definition) is 4. The lowest BCUT2D eigenvalue weighted by atomic mass is 10.00. The molecule has 0 aromatic carbocycles. The van der Waals surface area contributed by atoms with Gasteiger partial charge in [0.25, 0.3) is 0 Å². The molecule has 2 fully saturated rings. The number of anilines is 1. The van der Waals surface area contributed by atoms with Crippen molar-refractivity contribution < 1.29 is 0 Å². The molecule has 146 valence electrons. The maximum Gasteiger partial charge on any atom is 0.193 e. The van der Waals surface area contributed by atoms with Crippen LogP contribution < -0.4 is 10.2 Å². The summed E-state index contributed by atoms with van der Waals surface area (Å²) in [5.41, 5.74) is 1.26. The van der Waals surface area contributed by atoms with Crippen molar-refractivity contribution in [1.29, 1.82) is 0 Å². The Bertz CT molecular complexity index is 577. The van der Waals surface area contributed by atoms with Crippen molar-refractivity contribution in [2.45, 2.75) is 26.3 Å². The molecule has 0 aliphatic carbocycles. The molecule has 1 N–H and O–H groups in total. The van der Waals surface area contributed by atoms with Gasteiger partial charge in [-0.2, -0.15) is 0 Å². The molecule has 1 aromatic heterocycles. The largest absolute Gasteiger partial charge is 0.354 e. The van der Waals surface area contributed by atoms with E-state index in [2.05, 4.69) is 56.1 Å². The molecule has 0 radical (unpaired) electrons. The fourth-order valence-corrected chi connectivity index (χ4v) is 3.51. The fraction of sp³-hybridized carbons (Fsp3) is 0.684. The minimum atomic E-state index is 0. The van der Waals surface area contributed by atoms with Gasteiger partial charge < -0.3 is 20.0 Å². The molecular weight excluding hydrogens is 439 g/mol. The molecule has 26 heavy (non-hydrogen) atoms. The van der Waals surface area contributed by atoms with Gasteiger partial charge in [0.2, 0.25) is 0 Å². The monoisotopic (exact) mass is 472 g/mol. The van der Waals surface area contributed by atoms with Crippen molar-refractivity contribution in [3.63, 3.8) is 0 Å². The van der Waals surface area contributed by atoms with Crippen LogP contribution in [0.2, 0.25) is 0 Å². The SMILES string of the molecule is CN=C(NCc1ccnc(N2CCN(C)CC2)c1)N1CCC(C)CC1.I. The van der Waals surface area contributed by atoms with Crippen molar-refractivity contribution in [2.75, 3.05) is 58.3 Å². The Kier molecular flexibility index (Phi) is 8.40. The van der Waals surface area contributed by atoms with Crippen LogP contribution in [0, 0.1) is 5.92 Å². The summed E-state index contributed by atoms with van der Waals surface area (Å²) >= 11 is 0. The molecule has 3 heterocycles. The molecule has 0 amide bonds. The number of rotatable bonds is 3. The Morgan fingerprint density at radius 2 is 1.88 bits per heavy atom. The standard InChI is InChI=1S/C19H32N6.HI/c1-16-5-8-25(9-6-16)19(20-2)22-15-17-4-7-21-18(14-17)24-12-10-23(3)11-13-24;/h4,7,14,16H,5-6,8-13,15H2,1-3H3,(H,20,22);1H. The number of halogens is 1. The lowest BCUT2D eigenvalue weighted by molar-refractivity contribution is 0.273. The first-order valence-corrected chi connectivity index (χ1v) is 9.49. The molecule has 2 aliphatic rings. The van der Waals surface area contributed by atoms with Gasteiger partial charge in [0.05, 0.1) is 0 Å². The molecule has 0 spiro atoms. The molecule has 0 atom stereocenters. The van der Waals surface area contributed by atoms with Gasteiger partial charge in [-0.25, -0.2) is 4.98 Å². The number of likely N-dealkylation sites (N-methyl/N-ethyl adjacent to an activating group) is 1. The normalized spacial score (nSPS) is 20.0. The molecule has 6 nitrogen and oxygen atoms in total. The van der Waals surface area contributed by atoms with Crippen molar-refractivity contribution in [2.24, 2.45) is 10.9 Å². The van der Waals surface area contributed by atoms with Crippen LogP contribution in [0.5, 0.6) is 0 Å². The third-order valence-corrected chi connectivity index (χ3v) is 5.38. The Morgan fingerprint density at radius 1 is 1.19 bits per heavy atom. The van der Waals surface area contributed by atoms with Gasteiger partial charge >= 0.3 is 0 Å². The molecule has 2 saturated heterocycles. The minimum absolute atomic E-state index is 0. The summed E-state index contributed by atoms with van der Waals surface area (Å²) in [5, 5.41) is 3.53. The summed E-state index contributed by atoms with van der Waals surface area (Å²) < 4.78 is 0. The van der Waals surface area contributed by atoms with E-state index in [0.29, 0.717) is 0 Å². The summed E-state index contributed by atoms with van der Waals surface area (Å²) in [7, 11) is 4.06. The van der Waals surface area contributed by atoms with Gasteiger partial charge in [-0.05, 0) is 43.5 Å². The van der Waals surface area contributed by atoms with E-state index in [0.717, 1.165) is 63.5 Å². The second-order valence-electron chi connectivity index (χ2n) is 7.38. The number of nitrogens with zero attached hydrogens (tertiary/aromatic N) is 5. The molecule has 0 bridgehead atoms. The van der Waals surface area contributed by atoms with Crippen molar-refractivity contribution in [3.8, 4) is 0 Å². The summed E-state index contributed by atoms with van der Waals surface area (Å²) in [6.45, 7) is 9.64. The molecule has 3 rings (SSSR count). The highest BCUT2D eigenvalue weighted by Crippen LogP contribution is 2.17. The van der Waals surface area contributed by atoms with Gasteiger partial charge in [0.1, 0.15) is 5.82 Å². The van der Waals surface area contributed by atoms with E-state index in [1.165, 1.54) is 18.4 Å². The number of pyridine rings is 1. The first kappa shape index (κ1) is 21.2. The number of likely N-dealkylation sites (tertiary alicyclic amines) is 1. The molecule has 0 saturated carbocycles. The third kappa shape index (κ3) is 5.70. The van der Waals surface area contributed by atoms with Crippen LogP contribution in [0.15, 0.2) is 23.3 Å². The zero-order valence-corrected chi connectivity index (χ0v) is 18.6. The lowest BCUT2D eigenvalue weighted by Crippen LogP contribution is -2.45. The second kappa shape index (κ2) is 10.3. The average Bonchev–Trinajstić information content (AvgIpc) is 2.64. The van der Waals surface area contributed by atoms with Crippen molar-refractivity contribution in [1.82, 2.24) is 20.1 Å². The number of aliphatic imine (C=N–C) groups is 1. The van der Waals surface area contributed by atoms with Crippen LogP contribution in [0.1, 0.15) is 25.3 Å². The van der Waals surface area contributed by atoms with E-state index in [-0.39, 0.29) is 24.0 Å². The van der Waals surface area contributed by atoms with Gasteiger partial charge in [0, 0.05) is 59.1 Å². The third-order valence-electron chi connectivity index (χ3n) is 5.38. The molecule has 0 unspecified atom stereocenters. The smallest absolute Gasteiger partial charge is 0.193 e. The van der Waals surface area contributed by atoms with Crippen molar-refractivity contribution >= 4 is 35.8 Å². The maximum absolute atomic E-state index is 4.57. The molecule has 2 aliphatic heterocycles. The van der Waals surface area contributed by atoms with E-state index in [1.54, 1.807) is 0 Å². The highest BCUT2D eigenvalue weighted by Gasteiger charge is 2.19. The summed E-state index contributed by atoms with van der Waals surface area (Å²) in [6.07, 6.45) is 4.43. The topological polar surface area (TPSA) is 47.0 Å². The van der Waals surface area contributed by atoms with Crippen LogP contribution in [0.4, 0.5) is 5.82 Å². The van der Waals surface area contributed by atoms with E-state index in [1.807, 2.05) is 13.2 Å². The number of nitrogens with one attached hydrogen (secondary N) is 1. The second-order valence-corrected chi connectivity index (χ2v) is 7.38. The number of aromatic nitrogens is 1. The number of piperazine rings is 1. The van der Waals surface area contributed by atoms with Crippen LogP contribution in [0.25, 0.3) is 0 Å². The first-order chi connectivity index (χ1) is 12.2. The van der Waals surface area contributed by atoms with E-state index in [9.17, 15) is 0 Å². The van der Waals surface area contributed by atoms with Crippen LogP contribution in [-0.4, -0.2) is 74.1 Å². The number of piperidine rings is 1. The van der Waals surface area contributed by atoms with E-state index >= 15 is 0 Å². The summed E-state index contributed by atoms with van der Waals surface area (Å²) in [5.74, 6) is 2.94. The Balaban J connectivity index is 0.00000243. The predicted octanol–water partition coefficient (Wildman–Crippen LogP) is 2.26. The molecular formula is C19H33IN6. The van der Waals surface area contributed by atoms with E-state index < -0.39 is 0 Å². The Morgan fingerprint density at radius 3 is 2.54 bits per heavy atom. The maximum atomic E-state index is 4.57. The number of guanidine groups is 1. The van der Waals surface area contributed by atoms with Crippen LogP contribution in [-0.2, 0) is 6.54 Å². The highest BCUT2D eigenvalue weighted by molar-refractivity contribution is 14.0. The van der Waals surface area contributed by atoms with Crippen LogP contribution >= 0.6 is 24.0 Å². The molecule has 1 aromatic rings. The quantitative estimate of drug-likeness (QED) is 0.416. The van der Waals surface area contributed by atoms with Gasteiger partial charge in [-0.3, -0.25) is 4.99 Å². The molecule has 7 heteroatoms. The predicted molar refractivity (Wildman–Crippen MR) is 120 cm³/mol. The highest BCUT2D eigenvalue weighted by atomic mass is 127. The average molecular weight is 472 g/mol. The number of hydrogen-bond donors (Lipinski definition) is 1. The first-order valence-electron chi connectivity index (χ1n) is 9.49. The summed E-state index contributed by atoms with van der Waals surface area (Å²) in [6, 6.07) is 4.31. The minimum Gasteiger partial charge on any atom is -0.354 e. The van der Waals surface area contributed by atoms with Gasteiger partial charge in [-0.1, -0.05) is 6.92 Å². The van der Waals surface area contributed by atoms with Gasteiger partial charge in [-0.15, -0.1) is 24.0 Å². The summed E-state index contributed by atoms with van der Waals surface area (Å²) in [4.78, 5) is 16.2. The fourth-order valence-electron chi connectivity index (χ4n) is 3.51. The lowest BCUT2D eigenvalue weighted by Gasteiger charge is -2.33. The van der Waals surface area contributed by atoms with E-state index in [4.69, 9.17) is 0 Å². The van der Waals surface area contributed by atoms with Crippen molar-refractivity contribution in [3.05, 3.63) is 23.9 Å². The Labute approximate surface area is 175 Å². The van der Waals surface area contributed by atoms with Gasteiger partial charge in [0.15, 0.2) is 5.96 Å².